The van der Waals surface area contributed by atoms with E-state index in [1.54, 1.807) is 6.92 Å². The molecule has 1 aliphatic carbocycles. The fourth-order valence-electron chi connectivity index (χ4n) is 2.60. The maximum Gasteiger partial charge on any atom is 0.376 e. The molecule has 1 aromatic rings. The average molecular weight is 265 g/mol. The highest BCUT2D eigenvalue weighted by Gasteiger charge is 2.27. The zero-order valence-corrected chi connectivity index (χ0v) is 12.1. The van der Waals surface area contributed by atoms with Crippen LogP contribution in [0.5, 0.6) is 0 Å². The van der Waals surface area contributed by atoms with Crippen LogP contribution >= 0.6 is 0 Å². The quantitative estimate of drug-likeness (QED) is 0.762. The van der Waals surface area contributed by atoms with E-state index in [2.05, 4.69) is 18.8 Å². The van der Waals surface area contributed by atoms with E-state index in [1.165, 1.54) is 12.8 Å². The Labute approximate surface area is 114 Å². The second kappa shape index (κ2) is 6.22. The van der Waals surface area contributed by atoms with Crippen molar-refractivity contribution >= 4 is 5.97 Å². The first-order valence-corrected chi connectivity index (χ1v) is 7.28. The van der Waals surface area contributed by atoms with Crippen LogP contribution in [0.1, 0.15) is 74.5 Å². The van der Waals surface area contributed by atoms with Gasteiger partial charge < -0.3 is 9.15 Å². The van der Waals surface area contributed by atoms with Gasteiger partial charge in [0.1, 0.15) is 0 Å². The molecule has 1 heterocycles. The maximum atomic E-state index is 11.9. The number of nitrogens with zero attached hydrogens (tertiary/aromatic N) is 1. The van der Waals surface area contributed by atoms with E-state index in [-0.39, 0.29) is 5.97 Å². The van der Waals surface area contributed by atoms with Crippen LogP contribution in [0, 0.1) is 5.92 Å². The number of rotatable bonds is 5. The molecule has 0 radical (unpaired) electrons. The van der Waals surface area contributed by atoms with Crippen molar-refractivity contribution in [1.29, 1.82) is 0 Å². The third-order valence-electron chi connectivity index (χ3n) is 3.48. The van der Waals surface area contributed by atoms with Crippen LogP contribution < -0.4 is 0 Å². The fourth-order valence-corrected chi connectivity index (χ4v) is 2.60. The van der Waals surface area contributed by atoms with Crippen LogP contribution in [-0.2, 0) is 11.2 Å². The minimum atomic E-state index is -0.380. The van der Waals surface area contributed by atoms with Gasteiger partial charge in [-0.05, 0) is 32.1 Å². The van der Waals surface area contributed by atoms with Crippen LogP contribution in [0.3, 0.4) is 0 Å². The van der Waals surface area contributed by atoms with Gasteiger partial charge in [0.25, 0.3) is 0 Å². The third-order valence-corrected chi connectivity index (χ3v) is 3.48. The topological polar surface area (TPSA) is 52.3 Å². The Morgan fingerprint density at radius 1 is 1.42 bits per heavy atom. The number of esters is 1. The van der Waals surface area contributed by atoms with E-state index in [9.17, 15) is 4.79 Å². The Balaban J connectivity index is 2.24. The molecular formula is C15H23NO3. The zero-order chi connectivity index (χ0) is 13.8. The van der Waals surface area contributed by atoms with Crippen molar-refractivity contribution in [3.63, 3.8) is 0 Å². The number of carbonyl (C=O) groups excluding carboxylic acids is 1. The summed E-state index contributed by atoms with van der Waals surface area (Å²) in [7, 11) is 0. The summed E-state index contributed by atoms with van der Waals surface area (Å²) in [6.07, 6.45) is 5.43. The van der Waals surface area contributed by atoms with Gasteiger partial charge >= 0.3 is 5.97 Å². The largest absolute Gasteiger partial charge is 0.460 e. The predicted octanol–water partition coefficient (Wildman–Crippen LogP) is 3.71. The van der Waals surface area contributed by atoms with Gasteiger partial charge in [-0.3, -0.25) is 0 Å². The van der Waals surface area contributed by atoms with Crippen molar-refractivity contribution in [3.8, 4) is 0 Å². The number of oxazole rings is 1. The first-order valence-electron chi connectivity index (χ1n) is 7.28. The lowest BCUT2D eigenvalue weighted by atomic mass is 10.1. The second-order valence-corrected chi connectivity index (χ2v) is 5.63. The van der Waals surface area contributed by atoms with E-state index in [4.69, 9.17) is 9.15 Å². The molecule has 0 amide bonds. The highest BCUT2D eigenvalue weighted by Crippen LogP contribution is 2.34. The van der Waals surface area contributed by atoms with Crippen molar-refractivity contribution in [3.05, 3.63) is 17.3 Å². The van der Waals surface area contributed by atoms with Gasteiger partial charge in [0.15, 0.2) is 5.89 Å². The van der Waals surface area contributed by atoms with E-state index >= 15 is 0 Å². The highest BCUT2D eigenvalue weighted by atomic mass is 16.5. The van der Waals surface area contributed by atoms with E-state index in [1.807, 2.05) is 0 Å². The molecule has 0 aliphatic heterocycles. The lowest BCUT2D eigenvalue weighted by Gasteiger charge is -2.02. The molecule has 4 heteroatoms. The Kier molecular flexibility index (Phi) is 4.61. The molecule has 0 spiro atoms. The normalized spacial score (nSPS) is 16.2. The standard InChI is InChI=1S/C15H23NO3/c1-4-18-15(17)13-12(9-10(2)3)16-14(19-13)11-7-5-6-8-11/h10-11H,4-9H2,1-3H3. The molecule has 0 unspecified atom stereocenters. The molecule has 1 fully saturated rings. The summed E-state index contributed by atoms with van der Waals surface area (Å²) in [4.78, 5) is 16.5. The average Bonchev–Trinajstić information content (AvgIpc) is 2.96. The molecule has 0 N–H and O–H groups in total. The van der Waals surface area contributed by atoms with Gasteiger partial charge in [-0.25, -0.2) is 9.78 Å². The Morgan fingerprint density at radius 2 is 2.11 bits per heavy atom. The smallest absolute Gasteiger partial charge is 0.376 e. The van der Waals surface area contributed by atoms with Crippen molar-refractivity contribution in [2.75, 3.05) is 6.61 Å². The fraction of sp³-hybridized carbons (Fsp3) is 0.733. The Morgan fingerprint density at radius 3 is 2.68 bits per heavy atom. The Bertz CT molecular complexity index is 431. The summed E-state index contributed by atoms with van der Waals surface area (Å²) in [6.45, 7) is 6.38. The molecule has 0 atom stereocenters. The summed E-state index contributed by atoms with van der Waals surface area (Å²) in [5.74, 6) is 1.49. The molecule has 2 rings (SSSR count). The molecule has 1 saturated carbocycles. The Hall–Kier alpha value is -1.32. The van der Waals surface area contributed by atoms with Gasteiger partial charge in [-0.2, -0.15) is 0 Å². The maximum absolute atomic E-state index is 11.9. The molecule has 0 aromatic carbocycles. The van der Waals surface area contributed by atoms with Gasteiger partial charge in [0.05, 0.1) is 12.3 Å². The lowest BCUT2D eigenvalue weighted by Crippen LogP contribution is -2.08. The lowest BCUT2D eigenvalue weighted by molar-refractivity contribution is 0.0485. The molecule has 4 nitrogen and oxygen atoms in total. The summed E-state index contributed by atoms with van der Waals surface area (Å²) in [5.41, 5.74) is 0.760. The molecule has 1 aromatic heterocycles. The number of ether oxygens (including phenoxy) is 1. The summed E-state index contributed by atoms with van der Waals surface area (Å²) in [6, 6.07) is 0. The van der Waals surface area contributed by atoms with Gasteiger partial charge in [0, 0.05) is 5.92 Å². The van der Waals surface area contributed by atoms with Crippen molar-refractivity contribution < 1.29 is 13.9 Å². The zero-order valence-electron chi connectivity index (χ0n) is 12.1. The highest BCUT2D eigenvalue weighted by molar-refractivity contribution is 5.87. The number of aromatic nitrogens is 1. The molecule has 0 bridgehead atoms. The van der Waals surface area contributed by atoms with Crippen LogP contribution in [0.4, 0.5) is 0 Å². The van der Waals surface area contributed by atoms with Crippen molar-refractivity contribution in [2.24, 2.45) is 5.92 Å². The number of carbonyl (C=O) groups is 1. The van der Waals surface area contributed by atoms with Gasteiger partial charge in [0.2, 0.25) is 5.76 Å². The van der Waals surface area contributed by atoms with Crippen LogP contribution in [0.15, 0.2) is 4.42 Å². The summed E-state index contributed by atoms with van der Waals surface area (Å²) in [5, 5.41) is 0. The monoisotopic (exact) mass is 265 g/mol. The van der Waals surface area contributed by atoms with Crippen molar-refractivity contribution in [2.45, 2.75) is 58.8 Å². The number of hydrogen-bond acceptors (Lipinski definition) is 4. The third kappa shape index (κ3) is 3.37. The molecule has 106 valence electrons. The van der Waals surface area contributed by atoms with Crippen LogP contribution in [0.2, 0.25) is 0 Å². The molecule has 0 saturated heterocycles. The summed E-state index contributed by atoms with van der Waals surface area (Å²) >= 11 is 0. The van der Waals surface area contributed by atoms with E-state index in [0.29, 0.717) is 24.2 Å². The second-order valence-electron chi connectivity index (χ2n) is 5.63. The molecular weight excluding hydrogens is 242 g/mol. The minimum Gasteiger partial charge on any atom is -0.460 e. The number of hydrogen-bond donors (Lipinski definition) is 0. The summed E-state index contributed by atoms with van der Waals surface area (Å²) < 4.78 is 10.8. The van der Waals surface area contributed by atoms with Crippen molar-refractivity contribution in [1.82, 2.24) is 4.98 Å². The first kappa shape index (κ1) is 14.1. The van der Waals surface area contributed by atoms with E-state index in [0.717, 1.165) is 30.8 Å². The van der Waals surface area contributed by atoms with Gasteiger partial charge in [-0.15, -0.1) is 0 Å². The predicted molar refractivity (Wildman–Crippen MR) is 72.2 cm³/mol. The van der Waals surface area contributed by atoms with Crippen LogP contribution in [0.25, 0.3) is 0 Å². The van der Waals surface area contributed by atoms with E-state index < -0.39 is 0 Å². The van der Waals surface area contributed by atoms with Crippen LogP contribution in [-0.4, -0.2) is 17.6 Å². The molecule has 19 heavy (non-hydrogen) atoms. The van der Waals surface area contributed by atoms with Gasteiger partial charge in [-0.1, -0.05) is 26.7 Å². The minimum absolute atomic E-state index is 0.317. The first-order chi connectivity index (χ1) is 9.11. The SMILES string of the molecule is CCOC(=O)c1oc(C2CCCC2)nc1CC(C)C. The molecule has 1 aliphatic rings.